The first-order chi connectivity index (χ1) is 9.65. The Kier molecular flexibility index (Phi) is 7.71. The highest BCUT2D eigenvalue weighted by Crippen LogP contribution is 2.13. The van der Waals surface area contributed by atoms with E-state index < -0.39 is 0 Å². The molecule has 7 heteroatoms. The van der Waals surface area contributed by atoms with E-state index >= 15 is 0 Å². The Morgan fingerprint density at radius 2 is 1.95 bits per heavy atom. The Labute approximate surface area is 138 Å². The molecule has 1 aromatic carbocycles. The van der Waals surface area contributed by atoms with E-state index in [2.05, 4.69) is 31.9 Å². The van der Waals surface area contributed by atoms with Gasteiger partial charge in [0.05, 0.1) is 12.6 Å². The van der Waals surface area contributed by atoms with Crippen LogP contribution in [0.3, 0.4) is 0 Å². The molecule has 0 aliphatic carbocycles. The number of rotatable bonds is 4. The molecule has 1 atom stereocenters. The number of nitrogens with one attached hydrogen (secondary N) is 3. The second-order valence-corrected chi connectivity index (χ2v) is 5.69. The van der Waals surface area contributed by atoms with Crippen LogP contribution in [0.5, 0.6) is 0 Å². The number of halogens is 2. The topological polar surface area (TPSA) is 70.2 Å². The van der Waals surface area contributed by atoms with Crippen molar-refractivity contribution in [1.29, 1.82) is 0 Å². The molecule has 1 fully saturated rings. The average molecular weight is 377 g/mol. The molecule has 21 heavy (non-hydrogen) atoms. The molecule has 116 valence electrons. The molecule has 1 heterocycles. The van der Waals surface area contributed by atoms with Crippen molar-refractivity contribution in [2.75, 3.05) is 18.4 Å². The summed E-state index contributed by atoms with van der Waals surface area (Å²) in [5, 5.41) is 8.54. The number of benzene rings is 1. The van der Waals surface area contributed by atoms with Gasteiger partial charge in [0, 0.05) is 10.2 Å². The predicted octanol–water partition coefficient (Wildman–Crippen LogP) is 2.07. The molecule has 2 amide bonds. The van der Waals surface area contributed by atoms with Crippen molar-refractivity contribution < 1.29 is 9.59 Å². The molecule has 0 aromatic heterocycles. The fourth-order valence-electron chi connectivity index (χ4n) is 2.10. The Balaban J connectivity index is 0.00000220. The lowest BCUT2D eigenvalue weighted by atomic mass is 10.0. The number of amides is 2. The number of hydrogen-bond donors (Lipinski definition) is 3. The first-order valence-electron chi connectivity index (χ1n) is 6.71. The van der Waals surface area contributed by atoms with Gasteiger partial charge >= 0.3 is 0 Å². The van der Waals surface area contributed by atoms with Crippen LogP contribution < -0.4 is 16.0 Å². The van der Waals surface area contributed by atoms with E-state index in [1.807, 2.05) is 12.1 Å². The largest absolute Gasteiger partial charge is 0.346 e. The molecule has 0 radical (unpaired) electrons. The summed E-state index contributed by atoms with van der Waals surface area (Å²) in [5.41, 5.74) is 0.711. The highest BCUT2D eigenvalue weighted by atomic mass is 79.9. The summed E-state index contributed by atoms with van der Waals surface area (Å²) >= 11 is 3.33. The van der Waals surface area contributed by atoms with E-state index in [4.69, 9.17) is 0 Å². The van der Waals surface area contributed by atoms with Gasteiger partial charge in [0.25, 0.3) is 0 Å². The number of hydrogen-bond acceptors (Lipinski definition) is 3. The van der Waals surface area contributed by atoms with E-state index in [9.17, 15) is 9.59 Å². The first-order valence-corrected chi connectivity index (χ1v) is 7.51. The lowest BCUT2D eigenvalue weighted by molar-refractivity contribution is -0.126. The SMILES string of the molecule is Cl.O=C(CNC(=O)C1CCCCN1)Nc1ccc(Br)cc1. The van der Waals surface area contributed by atoms with Gasteiger partial charge < -0.3 is 16.0 Å². The zero-order valence-electron chi connectivity index (χ0n) is 11.5. The highest BCUT2D eigenvalue weighted by Gasteiger charge is 2.20. The zero-order chi connectivity index (χ0) is 14.4. The maximum atomic E-state index is 11.8. The maximum Gasteiger partial charge on any atom is 0.243 e. The lowest BCUT2D eigenvalue weighted by Crippen LogP contribution is -2.48. The monoisotopic (exact) mass is 375 g/mol. The predicted molar refractivity (Wildman–Crippen MR) is 88.7 cm³/mol. The Morgan fingerprint density at radius 3 is 2.57 bits per heavy atom. The number of anilines is 1. The van der Waals surface area contributed by atoms with Crippen LogP contribution in [0.4, 0.5) is 5.69 Å². The van der Waals surface area contributed by atoms with Gasteiger partial charge in [0.2, 0.25) is 11.8 Å². The number of carbonyl (C=O) groups is 2. The molecular formula is C14H19BrClN3O2. The van der Waals surface area contributed by atoms with Crippen LogP contribution in [0.25, 0.3) is 0 Å². The Hall–Kier alpha value is -1.11. The van der Waals surface area contributed by atoms with E-state index in [1.54, 1.807) is 12.1 Å². The molecule has 1 aliphatic rings. The van der Waals surface area contributed by atoms with Crippen molar-refractivity contribution in [2.24, 2.45) is 0 Å². The van der Waals surface area contributed by atoms with Gasteiger partial charge in [-0.25, -0.2) is 0 Å². The quantitative estimate of drug-likeness (QED) is 0.753. The molecule has 0 spiro atoms. The van der Waals surface area contributed by atoms with Gasteiger partial charge in [-0.1, -0.05) is 22.4 Å². The van der Waals surface area contributed by atoms with Gasteiger partial charge in [-0.05, 0) is 43.7 Å². The van der Waals surface area contributed by atoms with E-state index in [0.717, 1.165) is 30.3 Å². The van der Waals surface area contributed by atoms with Crippen LogP contribution in [0.15, 0.2) is 28.7 Å². The Bertz CT molecular complexity index is 476. The second-order valence-electron chi connectivity index (χ2n) is 4.78. The second kappa shape index (κ2) is 9.02. The van der Waals surface area contributed by atoms with Gasteiger partial charge in [-0.2, -0.15) is 0 Å². The van der Waals surface area contributed by atoms with Crippen molar-refractivity contribution in [1.82, 2.24) is 10.6 Å². The van der Waals surface area contributed by atoms with Crippen LogP contribution in [-0.2, 0) is 9.59 Å². The lowest BCUT2D eigenvalue weighted by Gasteiger charge is -2.22. The standard InChI is InChI=1S/C14H18BrN3O2.ClH/c15-10-4-6-11(7-5-10)18-13(19)9-17-14(20)12-3-1-2-8-16-12;/h4-7,12,16H,1-3,8-9H2,(H,17,20)(H,18,19);1H. The first kappa shape index (κ1) is 17.9. The third-order valence-electron chi connectivity index (χ3n) is 3.18. The summed E-state index contributed by atoms with van der Waals surface area (Å²) in [5.74, 6) is -0.327. The molecule has 1 aliphatic heterocycles. The van der Waals surface area contributed by atoms with E-state index in [1.165, 1.54) is 0 Å². The minimum atomic E-state index is -0.225. The minimum absolute atomic E-state index is 0. The molecule has 3 N–H and O–H groups in total. The van der Waals surface area contributed by atoms with Crippen molar-refractivity contribution in [3.05, 3.63) is 28.7 Å². The molecule has 1 aromatic rings. The third kappa shape index (κ3) is 6.03. The maximum absolute atomic E-state index is 11.8. The third-order valence-corrected chi connectivity index (χ3v) is 3.71. The van der Waals surface area contributed by atoms with Crippen molar-refractivity contribution in [2.45, 2.75) is 25.3 Å². The van der Waals surface area contributed by atoms with Gasteiger partial charge in [-0.15, -0.1) is 12.4 Å². The summed E-state index contributed by atoms with van der Waals surface area (Å²) in [6.07, 6.45) is 2.99. The Morgan fingerprint density at radius 1 is 1.24 bits per heavy atom. The van der Waals surface area contributed by atoms with Gasteiger partial charge in [0.1, 0.15) is 0 Å². The average Bonchev–Trinajstić information content (AvgIpc) is 2.48. The fourth-order valence-corrected chi connectivity index (χ4v) is 2.37. The molecular weight excluding hydrogens is 358 g/mol. The molecule has 0 bridgehead atoms. The molecule has 5 nitrogen and oxygen atoms in total. The highest BCUT2D eigenvalue weighted by molar-refractivity contribution is 9.10. The molecule has 0 saturated carbocycles. The van der Waals surface area contributed by atoms with Crippen LogP contribution in [-0.4, -0.2) is 30.9 Å². The normalized spacial score (nSPS) is 17.5. The fraction of sp³-hybridized carbons (Fsp3) is 0.429. The van der Waals surface area contributed by atoms with Crippen LogP contribution in [0, 0.1) is 0 Å². The summed E-state index contributed by atoms with van der Waals surface area (Å²) in [4.78, 5) is 23.6. The smallest absolute Gasteiger partial charge is 0.243 e. The molecule has 1 unspecified atom stereocenters. The van der Waals surface area contributed by atoms with Crippen LogP contribution in [0.1, 0.15) is 19.3 Å². The van der Waals surface area contributed by atoms with Crippen molar-refractivity contribution in [3.63, 3.8) is 0 Å². The zero-order valence-corrected chi connectivity index (χ0v) is 13.9. The summed E-state index contributed by atoms with van der Waals surface area (Å²) < 4.78 is 0.951. The number of carbonyl (C=O) groups excluding carboxylic acids is 2. The van der Waals surface area contributed by atoms with Crippen molar-refractivity contribution >= 4 is 45.8 Å². The van der Waals surface area contributed by atoms with Gasteiger partial charge in [0.15, 0.2) is 0 Å². The van der Waals surface area contributed by atoms with Crippen molar-refractivity contribution in [3.8, 4) is 0 Å². The van der Waals surface area contributed by atoms with Crippen LogP contribution >= 0.6 is 28.3 Å². The summed E-state index contributed by atoms with van der Waals surface area (Å²) in [6, 6.07) is 7.13. The minimum Gasteiger partial charge on any atom is -0.346 e. The molecule has 2 rings (SSSR count). The molecule has 1 saturated heterocycles. The summed E-state index contributed by atoms with van der Waals surface area (Å²) in [6.45, 7) is 0.857. The summed E-state index contributed by atoms with van der Waals surface area (Å²) in [7, 11) is 0. The van der Waals surface area contributed by atoms with Crippen LogP contribution in [0.2, 0.25) is 0 Å². The van der Waals surface area contributed by atoms with Gasteiger partial charge in [-0.3, -0.25) is 9.59 Å². The van der Waals surface area contributed by atoms with E-state index in [0.29, 0.717) is 5.69 Å². The van der Waals surface area contributed by atoms with E-state index in [-0.39, 0.29) is 36.8 Å². The number of piperidine rings is 1.